The molecular formula is C12H23NO2. The molecule has 1 N–H and O–H groups in total. The Labute approximate surface area is 92.6 Å². The molecule has 0 heterocycles. The highest BCUT2D eigenvalue weighted by molar-refractivity contribution is 5.67. The third-order valence-corrected chi connectivity index (χ3v) is 3.23. The monoisotopic (exact) mass is 213 g/mol. The van der Waals surface area contributed by atoms with Crippen molar-refractivity contribution in [3.05, 3.63) is 0 Å². The zero-order valence-corrected chi connectivity index (χ0v) is 9.92. The van der Waals surface area contributed by atoms with E-state index in [1.165, 1.54) is 38.5 Å². The lowest BCUT2D eigenvalue weighted by molar-refractivity contribution is 0.144. The zero-order chi connectivity index (χ0) is 11.1. The van der Waals surface area contributed by atoms with Gasteiger partial charge in [0, 0.05) is 6.04 Å². The fourth-order valence-corrected chi connectivity index (χ4v) is 2.29. The molecule has 0 aromatic carbocycles. The first-order valence-corrected chi connectivity index (χ1v) is 6.17. The van der Waals surface area contributed by atoms with Gasteiger partial charge in [0.1, 0.15) is 0 Å². The highest BCUT2D eigenvalue weighted by atomic mass is 16.5. The molecule has 1 amide bonds. The Morgan fingerprint density at radius 2 is 1.93 bits per heavy atom. The van der Waals surface area contributed by atoms with Crippen LogP contribution in [-0.2, 0) is 4.74 Å². The highest BCUT2D eigenvalue weighted by Crippen LogP contribution is 2.25. The summed E-state index contributed by atoms with van der Waals surface area (Å²) in [5.41, 5.74) is 0. The van der Waals surface area contributed by atoms with E-state index in [0.29, 0.717) is 12.5 Å². The molecule has 88 valence electrons. The molecular weight excluding hydrogens is 190 g/mol. The quantitative estimate of drug-likeness (QED) is 0.732. The predicted octanol–water partition coefficient (Wildman–Crippen LogP) is 3.09. The Morgan fingerprint density at radius 3 is 2.47 bits per heavy atom. The highest BCUT2D eigenvalue weighted by Gasteiger charge is 2.20. The number of nitrogens with one attached hydrogen (secondary N) is 1. The minimum Gasteiger partial charge on any atom is -0.450 e. The molecule has 1 saturated carbocycles. The molecule has 0 spiro atoms. The van der Waals surface area contributed by atoms with Crippen LogP contribution < -0.4 is 5.32 Å². The van der Waals surface area contributed by atoms with Crippen molar-refractivity contribution in [2.75, 3.05) is 6.61 Å². The number of alkyl carbamates (subject to hydrolysis) is 1. The van der Waals surface area contributed by atoms with Crippen LogP contribution in [0.5, 0.6) is 0 Å². The SMILES string of the molecule is CCOC(=O)N[C@@H](C)C1CCCCCC1. The van der Waals surface area contributed by atoms with Gasteiger partial charge in [-0.3, -0.25) is 0 Å². The second-order valence-corrected chi connectivity index (χ2v) is 4.41. The molecule has 15 heavy (non-hydrogen) atoms. The van der Waals surface area contributed by atoms with Crippen LogP contribution in [0.3, 0.4) is 0 Å². The van der Waals surface area contributed by atoms with E-state index in [1.807, 2.05) is 6.92 Å². The van der Waals surface area contributed by atoms with E-state index in [-0.39, 0.29) is 12.1 Å². The van der Waals surface area contributed by atoms with Crippen molar-refractivity contribution in [2.45, 2.75) is 58.4 Å². The molecule has 1 aliphatic carbocycles. The van der Waals surface area contributed by atoms with E-state index in [1.54, 1.807) is 0 Å². The minimum atomic E-state index is -0.269. The van der Waals surface area contributed by atoms with Gasteiger partial charge < -0.3 is 10.1 Å². The van der Waals surface area contributed by atoms with Gasteiger partial charge in [-0.15, -0.1) is 0 Å². The number of ether oxygens (including phenoxy) is 1. The second-order valence-electron chi connectivity index (χ2n) is 4.41. The molecule has 1 fully saturated rings. The van der Waals surface area contributed by atoms with Crippen molar-refractivity contribution in [2.24, 2.45) is 5.92 Å². The number of carbonyl (C=O) groups is 1. The largest absolute Gasteiger partial charge is 0.450 e. The molecule has 0 saturated heterocycles. The normalized spacial score (nSPS) is 20.4. The summed E-state index contributed by atoms with van der Waals surface area (Å²) in [5, 5.41) is 2.92. The van der Waals surface area contributed by atoms with Crippen molar-refractivity contribution in [1.82, 2.24) is 5.32 Å². The fraction of sp³-hybridized carbons (Fsp3) is 0.917. The van der Waals surface area contributed by atoms with Crippen LogP contribution >= 0.6 is 0 Å². The third-order valence-electron chi connectivity index (χ3n) is 3.23. The van der Waals surface area contributed by atoms with Gasteiger partial charge in [-0.05, 0) is 32.6 Å². The van der Waals surface area contributed by atoms with Gasteiger partial charge in [-0.1, -0.05) is 25.7 Å². The lowest BCUT2D eigenvalue weighted by Gasteiger charge is -2.23. The maximum atomic E-state index is 11.2. The van der Waals surface area contributed by atoms with Gasteiger partial charge in [0.2, 0.25) is 0 Å². The topological polar surface area (TPSA) is 38.3 Å². The van der Waals surface area contributed by atoms with Crippen molar-refractivity contribution in [3.63, 3.8) is 0 Å². The van der Waals surface area contributed by atoms with E-state index < -0.39 is 0 Å². The van der Waals surface area contributed by atoms with Gasteiger partial charge in [0.05, 0.1) is 6.61 Å². The van der Waals surface area contributed by atoms with Gasteiger partial charge in [-0.25, -0.2) is 4.79 Å². The molecule has 0 aliphatic heterocycles. The van der Waals surface area contributed by atoms with Gasteiger partial charge in [0.15, 0.2) is 0 Å². The summed E-state index contributed by atoms with van der Waals surface area (Å²) in [4.78, 5) is 11.2. The van der Waals surface area contributed by atoms with Crippen LogP contribution in [0.2, 0.25) is 0 Å². The molecule has 0 radical (unpaired) electrons. The van der Waals surface area contributed by atoms with Crippen LogP contribution in [0.25, 0.3) is 0 Å². The number of rotatable bonds is 3. The number of amides is 1. The summed E-state index contributed by atoms with van der Waals surface area (Å²) in [7, 11) is 0. The molecule has 0 aromatic rings. The minimum absolute atomic E-state index is 0.252. The maximum absolute atomic E-state index is 11.2. The number of carbonyl (C=O) groups excluding carboxylic acids is 1. The average molecular weight is 213 g/mol. The van der Waals surface area contributed by atoms with Crippen LogP contribution in [0.4, 0.5) is 4.79 Å². The molecule has 0 unspecified atom stereocenters. The lowest BCUT2D eigenvalue weighted by Crippen LogP contribution is -2.38. The predicted molar refractivity (Wildman–Crippen MR) is 60.8 cm³/mol. The summed E-state index contributed by atoms with van der Waals surface area (Å²) in [6.07, 6.45) is 7.53. The molecule has 0 bridgehead atoms. The van der Waals surface area contributed by atoms with E-state index >= 15 is 0 Å². The third kappa shape index (κ3) is 4.54. The van der Waals surface area contributed by atoms with Crippen molar-refractivity contribution < 1.29 is 9.53 Å². The molecule has 1 aliphatic rings. The number of hydrogen-bond acceptors (Lipinski definition) is 2. The zero-order valence-electron chi connectivity index (χ0n) is 9.92. The summed E-state index contributed by atoms with van der Waals surface area (Å²) < 4.78 is 4.88. The van der Waals surface area contributed by atoms with Crippen molar-refractivity contribution >= 4 is 6.09 Å². The molecule has 0 aromatic heterocycles. The average Bonchev–Trinajstić information content (AvgIpc) is 2.45. The first-order valence-electron chi connectivity index (χ1n) is 6.17. The number of hydrogen-bond donors (Lipinski definition) is 1. The molecule has 3 heteroatoms. The van der Waals surface area contributed by atoms with Crippen molar-refractivity contribution in [3.8, 4) is 0 Å². The molecule has 1 rings (SSSR count). The van der Waals surface area contributed by atoms with Crippen LogP contribution in [0, 0.1) is 5.92 Å². The van der Waals surface area contributed by atoms with Gasteiger partial charge in [0.25, 0.3) is 0 Å². The first kappa shape index (κ1) is 12.3. The van der Waals surface area contributed by atoms with E-state index in [2.05, 4.69) is 12.2 Å². The van der Waals surface area contributed by atoms with Gasteiger partial charge >= 0.3 is 6.09 Å². The molecule has 3 nitrogen and oxygen atoms in total. The Hall–Kier alpha value is -0.730. The molecule has 1 atom stereocenters. The van der Waals surface area contributed by atoms with E-state index in [0.717, 1.165) is 0 Å². The Morgan fingerprint density at radius 1 is 1.33 bits per heavy atom. The van der Waals surface area contributed by atoms with E-state index in [4.69, 9.17) is 4.74 Å². The maximum Gasteiger partial charge on any atom is 0.407 e. The standard InChI is InChI=1S/C12H23NO2/c1-3-15-12(14)13-10(2)11-8-6-4-5-7-9-11/h10-11H,3-9H2,1-2H3,(H,13,14)/t10-/m0/s1. The first-order chi connectivity index (χ1) is 7.24. The Balaban J connectivity index is 2.30. The lowest BCUT2D eigenvalue weighted by atomic mass is 9.93. The summed E-state index contributed by atoms with van der Waals surface area (Å²) in [5.74, 6) is 0.636. The summed E-state index contributed by atoms with van der Waals surface area (Å²) in [6, 6.07) is 0.252. The second kappa shape index (κ2) is 6.70. The van der Waals surface area contributed by atoms with Gasteiger partial charge in [-0.2, -0.15) is 0 Å². The Kier molecular flexibility index (Phi) is 5.51. The summed E-state index contributed by atoms with van der Waals surface area (Å²) >= 11 is 0. The van der Waals surface area contributed by atoms with Crippen LogP contribution in [0.1, 0.15) is 52.4 Å². The Bertz CT molecular complexity index is 186. The fourth-order valence-electron chi connectivity index (χ4n) is 2.29. The van der Waals surface area contributed by atoms with E-state index in [9.17, 15) is 4.79 Å². The van der Waals surface area contributed by atoms with Crippen LogP contribution in [0.15, 0.2) is 0 Å². The summed E-state index contributed by atoms with van der Waals surface area (Å²) in [6.45, 7) is 4.37. The smallest absolute Gasteiger partial charge is 0.407 e. The van der Waals surface area contributed by atoms with Crippen molar-refractivity contribution in [1.29, 1.82) is 0 Å². The van der Waals surface area contributed by atoms with Crippen LogP contribution in [-0.4, -0.2) is 18.7 Å².